The minimum Gasteiger partial charge on any atom is -0.508 e. The van der Waals surface area contributed by atoms with Crippen molar-refractivity contribution in [1.82, 2.24) is 10.4 Å². The molecule has 0 aliphatic carbocycles. The fourth-order valence-electron chi connectivity index (χ4n) is 3.71. The highest BCUT2D eigenvalue weighted by Gasteiger charge is 2.32. The number of piperidine rings is 1. The zero-order valence-corrected chi connectivity index (χ0v) is 18.1. The number of anilines is 1. The van der Waals surface area contributed by atoms with Crippen LogP contribution in [-0.2, 0) is 0 Å². The van der Waals surface area contributed by atoms with Crippen molar-refractivity contribution < 1.29 is 5.11 Å². The number of hydrazone groups is 1. The zero-order chi connectivity index (χ0) is 20.4. The first-order chi connectivity index (χ1) is 14.0. The third-order valence-electron chi connectivity index (χ3n) is 5.22. The number of nitrogens with one attached hydrogen (secondary N) is 1. The number of aromatic hydroxyl groups is 1. The lowest BCUT2D eigenvalue weighted by Gasteiger charge is -2.27. The van der Waals surface area contributed by atoms with Crippen LogP contribution in [0.15, 0.2) is 47.6 Å². The molecule has 1 unspecified atom stereocenters. The number of benzene rings is 2. The van der Waals surface area contributed by atoms with Gasteiger partial charge in [-0.15, -0.1) is 0 Å². The van der Waals surface area contributed by atoms with Crippen molar-refractivity contribution in [3.63, 3.8) is 0 Å². The molecule has 2 aromatic rings. The number of hydrogen-bond donors (Lipinski definition) is 2. The van der Waals surface area contributed by atoms with Crippen LogP contribution in [0.2, 0.25) is 10.0 Å². The Balaban J connectivity index is 1.62. The molecule has 2 N–H and O–H groups in total. The van der Waals surface area contributed by atoms with Crippen LogP contribution in [0.3, 0.4) is 0 Å². The summed E-state index contributed by atoms with van der Waals surface area (Å²) in [6.07, 6.45) is 4.25. The van der Waals surface area contributed by atoms with Gasteiger partial charge in [0.25, 0.3) is 0 Å². The largest absolute Gasteiger partial charge is 0.508 e. The van der Waals surface area contributed by atoms with Crippen molar-refractivity contribution in [2.24, 2.45) is 5.10 Å². The summed E-state index contributed by atoms with van der Waals surface area (Å²) in [4.78, 5) is 0.642. The Morgan fingerprint density at radius 2 is 1.79 bits per heavy atom. The summed E-state index contributed by atoms with van der Waals surface area (Å²) in [5.74, 6) is 0.228. The zero-order valence-electron chi connectivity index (χ0n) is 15.8. The van der Waals surface area contributed by atoms with Crippen LogP contribution in [0.4, 0.5) is 5.69 Å². The summed E-state index contributed by atoms with van der Waals surface area (Å²) < 4.78 is 0. The number of hydrazine groups is 1. The second-order valence-corrected chi connectivity index (χ2v) is 8.54. The topological polar surface area (TPSA) is 51.1 Å². The van der Waals surface area contributed by atoms with E-state index in [2.05, 4.69) is 10.4 Å². The lowest BCUT2D eigenvalue weighted by Crippen LogP contribution is -2.46. The van der Waals surface area contributed by atoms with E-state index in [-0.39, 0.29) is 11.8 Å². The summed E-state index contributed by atoms with van der Waals surface area (Å²) in [7, 11) is 0. The molecule has 2 aliphatic heterocycles. The average Bonchev–Trinajstić information content (AvgIpc) is 3.14. The van der Waals surface area contributed by atoms with Gasteiger partial charge in [0.1, 0.15) is 10.7 Å². The van der Waals surface area contributed by atoms with Gasteiger partial charge in [-0.05, 0) is 48.7 Å². The first-order valence-electron chi connectivity index (χ1n) is 9.68. The van der Waals surface area contributed by atoms with Gasteiger partial charge in [0.05, 0.1) is 22.5 Å². The molecule has 4 rings (SSSR count). The molecule has 0 saturated carbocycles. The van der Waals surface area contributed by atoms with E-state index in [0.717, 1.165) is 30.1 Å². The molecule has 1 saturated heterocycles. The fourth-order valence-corrected chi connectivity index (χ4v) is 4.45. The van der Waals surface area contributed by atoms with Gasteiger partial charge in [-0.3, -0.25) is 5.01 Å². The molecule has 0 spiro atoms. The van der Waals surface area contributed by atoms with Gasteiger partial charge >= 0.3 is 0 Å². The third kappa shape index (κ3) is 4.67. The summed E-state index contributed by atoms with van der Waals surface area (Å²) in [6, 6.07) is 12.5. The van der Waals surface area contributed by atoms with Crippen molar-refractivity contribution in [3.8, 4) is 5.75 Å². The molecule has 29 heavy (non-hydrogen) atoms. The van der Waals surface area contributed by atoms with E-state index in [1.807, 2.05) is 23.2 Å². The summed E-state index contributed by atoms with van der Waals surface area (Å²) >= 11 is 18.2. The maximum Gasteiger partial charge on any atom is 0.137 e. The monoisotopic (exact) mass is 448 g/mol. The molecule has 2 aromatic carbocycles. The number of hydrogen-bond acceptors (Lipinski definition) is 5. The number of nitrogens with zero attached hydrogens (tertiary/aromatic N) is 3. The maximum absolute atomic E-state index is 9.67. The lowest BCUT2D eigenvalue weighted by molar-refractivity contribution is 0.197. The van der Waals surface area contributed by atoms with Gasteiger partial charge in [-0.25, -0.2) is 5.01 Å². The predicted octanol–water partition coefficient (Wildman–Crippen LogP) is 5.32. The minimum absolute atomic E-state index is 0.0784. The van der Waals surface area contributed by atoms with Crippen LogP contribution in [-0.4, -0.2) is 33.9 Å². The molecule has 0 aromatic heterocycles. The summed E-state index contributed by atoms with van der Waals surface area (Å²) in [5.41, 5.74) is 5.96. The van der Waals surface area contributed by atoms with Crippen LogP contribution >= 0.6 is 35.4 Å². The smallest absolute Gasteiger partial charge is 0.137 e. The first kappa shape index (κ1) is 20.4. The minimum atomic E-state index is -0.0784. The molecule has 0 bridgehead atoms. The Kier molecular flexibility index (Phi) is 6.25. The quantitative estimate of drug-likeness (QED) is 0.619. The number of halogens is 2. The van der Waals surface area contributed by atoms with Crippen LogP contribution in [0.25, 0.3) is 0 Å². The van der Waals surface area contributed by atoms with Crippen molar-refractivity contribution in [2.45, 2.75) is 31.7 Å². The maximum atomic E-state index is 9.67. The normalized spacial score (nSPS) is 19.9. The molecule has 5 nitrogen and oxygen atoms in total. The first-order valence-corrected chi connectivity index (χ1v) is 10.8. The Bertz CT molecular complexity index is 929. The second-order valence-electron chi connectivity index (χ2n) is 7.29. The predicted molar refractivity (Wildman–Crippen MR) is 123 cm³/mol. The van der Waals surface area contributed by atoms with Crippen molar-refractivity contribution in [1.29, 1.82) is 0 Å². The second kappa shape index (κ2) is 8.88. The van der Waals surface area contributed by atoms with Gasteiger partial charge in [-0.2, -0.15) is 5.10 Å². The van der Waals surface area contributed by atoms with Gasteiger partial charge in [-0.1, -0.05) is 54.0 Å². The van der Waals surface area contributed by atoms with Crippen LogP contribution in [0, 0.1) is 0 Å². The number of phenolic OH excluding ortho intramolecular Hbond substituents is 1. The molecule has 152 valence electrons. The molecule has 2 aliphatic rings. The van der Waals surface area contributed by atoms with E-state index in [1.165, 1.54) is 19.3 Å². The van der Waals surface area contributed by atoms with Crippen LogP contribution < -0.4 is 10.4 Å². The SMILES string of the molecule is Oc1ccc(C2CC(C(=S)NN3CCCCC3)=NN2c2ccc(Cl)cc2Cl)cc1. The van der Waals surface area contributed by atoms with Crippen molar-refractivity contribution in [2.75, 3.05) is 18.1 Å². The van der Waals surface area contributed by atoms with Gasteiger partial charge in [0.2, 0.25) is 0 Å². The number of phenols is 1. The van der Waals surface area contributed by atoms with Gasteiger partial charge in [0.15, 0.2) is 0 Å². The van der Waals surface area contributed by atoms with Crippen molar-refractivity contribution in [3.05, 3.63) is 58.1 Å². The highest BCUT2D eigenvalue weighted by molar-refractivity contribution is 7.82. The van der Waals surface area contributed by atoms with Crippen molar-refractivity contribution >= 4 is 51.8 Å². The van der Waals surface area contributed by atoms with Gasteiger partial charge in [0, 0.05) is 24.5 Å². The third-order valence-corrected chi connectivity index (χ3v) is 6.09. The Morgan fingerprint density at radius 1 is 1.07 bits per heavy atom. The Morgan fingerprint density at radius 3 is 2.48 bits per heavy atom. The highest BCUT2D eigenvalue weighted by Crippen LogP contribution is 2.40. The number of thiocarbonyl (C=S) groups is 1. The van der Waals surface area contributed by atoms with E-state index in [1.54, 1.807) is 24.3 Å². The molecular formula is C21H22Cl2N4OS. The molecule has 0 radical (unpaired) electrons. The lowest BCUT2D eigenvalue weighted by atomic mass is 10.0. The van der Waals surface area contributed by atoms with E-state index in [9.17, 15) is 5.11 Å². The average molecular weight is 449 g/mol. The standard InChI is InChI=1S/C21H22Cl2N4OS/c22-15-6-9-19(17(23)12-15)27-20(14-4-7-16(28)8-5-14)13-18(24-27)21(29)25-26-10-2-1-3-11-26/h4-9,12,20,28H,1-3,10-11,13H2,(H,25,29). The molecule has 2 heterocycles. The van der Waals surface area contributed by atoms with E-state index >= 15 is 0 Å². The van der Waals surface area contributed by atoms with Crippen LogP contribution in [0.1, 0.15) is 37.3 Å². The van der Waals surface area contributed by atoms with Crippen LogP contribution in [0.5, 0.6) is 5.75 Å². The summed E-state index contributed by atoms with van der Waals surface area (Å²) in [6.45, 7) is 1.98. The van der Waals surface area contributed by atoms with E-state index < -0.39 is 0 Å². The molecular weight excluding hydrogens is 427 g/mol. The van der Waals surface area contributed by atoms with Gasteiger partial charge < -0.3 is 10.5 Å². The molecule has 0 amide bonds. The number of rotatable bonds is 4. The Labute approximate surface area is 185 Å². The fraction of sp³-hybridized carbons (Fsp3) is 0.333. The Hall–Kier alpha value is -1.86. The molecule has 1 fully saturated rings. The molecule has 8 heteroatoms. The highest BCUT2D eigenvalue weighted by atomic mass is 35.5. The van der Waals surface area contributed by atoms with E-state index in [0.29, 0.717) is 21.5 Å². The summed E-state index contributed by atoms with van der Waals surface area (Å²) in [5, 5.41) is 19.7. The molecule has 1 atom stereocenters. The van der Waals surface area contributed by atoms with E-state index in [4.69, 9.17) is 40.5 Å².